The number of aromatic carboxylic acids is 1. The molecular formula is C24H17ClN4O2. The van der Waals surface area contributed by atoms with Crippen molar-refractivity contribution in [2.75, 3.05) is 5.01 Å². The zero-order valence-electron chi connectivity index (χ0n) is 16.3. The number of hydrogen-bond donors (Lipinski definition) is 1. The van der Waals surface area contributed by atoms with Crippen LogP contribution in [-0.2, 0) is 0 Å². The van der Waals surface area contributed by atoms with E-state index in [1.807, 2.05) is 53.5 Å². The van der Waals surface area contributed by atoms with E-state index in [0.717, 1.165) is 33.6 Å². The molecule has 1 unspecified atom stereocenters. The van der Waals surface area contributed by atoms with Crippen molar-refractivity contribution in [2.24, 2.45) is 5.10 Å². The molecule has 1 aliphatic heterocycles. The predicted octanol–water partition coefficient (Wildman–Crippen LogP) is 5.34. The molecule has 0 bridgehead atoms. The Hall–Kier alpha value is -3.77. The molecule has 2 heterocycles. The summed E-state index contributed by atoms with van der Waals surface area (Å²) >= 11 is 6.09. The van der Waals surface area contributed by atoms with E-state index < -0.39 is 5.97 Å². The highest BCUT2D eigenvalue weighted by Crippen LogP contribution is 2.37. The molecule has 6 nitrogen and oxygen atoms in total. The number of carboxylic acids is 1. The Balaban J connectivity index is 1.59. The minimum Gasteiger partial charge on any atom is -0.478 e. The van der Waals surface area contributed by atoms with Crippen LogP contribution >= 0.6 is 11.6 Å². The van der Waals surface area contributed by atoms with Crippen molar-refractivity contribution < 1.29 is 9.90 Å². The second kappa shape index (κ2) is 7.81. The lowest BCUT2D eigenvalue weighted by molar-refractivity contribution is 0.0697. The summed E-state index contributed by atoms with van der Waals surface area (Å²) in [5.74, 6) is -0.971. The van der Waals surface area contributed by atoms with Crippen LogP contribution in [0, 0.1) is 0 Å². The van der Waals surface area contributed by atoms with Crippen molar-refractivity contribution in [2.45, 2.75) is 12.5 Å². The van der Waals surface area contributed by atoms with Gasteiger partial charge in [-0.15, -0.1) is 0 Å². The standard InChI is InChI=1S/C24H17ClN4O2/c25-18-7-4-15(5-8-18)23-14-21(16-6-9-20-22(13-16)27-11-10-26-20)28-29(23)19-3-1-2-17(12-19)24(30)31/h1-13,23H,14H2,(H,30,31). The number of benzene rings is 3. The fourth-order valence-corrected chi connectivity index (χ4v) is 3.92. The first kappa shape index (κ1) is 19.2. The van der Waals surface area contributed by atoms with Gasteiger partial charge in [0, 0.05) is 29.4 Å². The van der Waals surface area contributed by atoms with Crippen LogP contribution in [-0.4, -0.2) is 26.8 Å². The first-order chi connectivity index (χ1) is 15.1. The Labute approximate surface area is 183 Å². The molecule has 1 N–H and O–H groups in total. The van der Waals surface area contributed by atoms with Gasteiger partial charge >= 0.3 is 5.97 Å². The molecule has 0 saturated heterocycles. The van der Waals surface area contributed by atoms with E-state index in [4.69, 9.17) is 16.7 Å². The monoisotopic (exact) mass is 428 g/mol. The lowest BCUT2D eigenvalue weighted by Gasteiger charge is -2.24. The van der Waals surface area contributed by atoms with Gasteiger partial charge in [0.15, 0.2) is 0 Å². The largest absolute Gasteiger partial charge is 0.478 e. The van der Waals surface area contributed by atoms with E-state index in [-0.39, 0.29) is 11.6 Å². The predicted molar refractivity (Wildman–Crippen MR) is 121 cm³/mol. The minimum absolute atomic E-state index is 0.0890. The summed E-state index contributed by atoms with van der Waals surface area (Å²) < 4.78 is 0. The smallest absolute Gasteiger partial charge is 0.335 e. The van der Waals surface area contributed by atoms with E-state index in [0.29, 0.717) is 11.4 Å². The molecule has 0 aliphatic carbocycles. The van der Waals surface area contributed by atoms with Crippen molar-refractivity contribution in [1.29, 1.82) is 0 Å². The van der Waals surface area contributed by atoms with Gasteiger partial charge in [-0.05, 0) is 48.0 Å². The fourth-order valence-electron chi connectivity index (χ4n) is 3.79. The van der Waals surface area contributed by atoms with Gasteiger partial charge in [-0.2, -0.15) is 5.10 Å². The molecule has 1 aromatic heterocycles. The molecule has 7 heteroatoms. The normalized spacial score (nSPS) is 15.8. The van der Waals surface area contributed by atoms with Gasteiger partial charge in [0.2, 0.25) is 0 Å². The number of hydrazone groups is 1. The molecule has 4 aromatic rings. The molecule has 3 aromatic carbocycles. The highest BCUT2D eigenvalue weighted by Gasteiger charge is 2.30. The Bertz CT molecular complexity index is 1320. The number of nitrogens with zero attached hydrogens (tertiary/aromatic N) is 4. The van der Waals surface area contributed by atoms with Crippen LogP contribution in [0.4, 0.5) is 5.69 Å². The number of rotatable bonds is 4. The maximum Gasteiger partial charge on any atom is 0.335 e. The summed E-state index contributed by atoms with van der Waals surface area (Å²) in [6.07, 6.45) is 4.00. The SMILES string of the molecule is O=C(O)c1cccc(N2N=C(c3ccc4nccnc4c3)CC2c2ccc(Cl)cc2)c1. The average Bonchev–Trinajstić information content (AvgIpc) is 3.25. The van der Waals surface area contributed by atoms with Crippen molar-refractivity contribution in [3.63, 3.8) is 0 Å². The number of hydrogen-bond acceptors (Lipinski definition) is 5. The summed E-state index contributed by atoms with van der Waals surface area (Å²) in [5, 5.41) is 16.8. The first-order valence-electron chi connectivity index (χ1n) is 9.75. The number of fused-ring (bicyclic) bond motifs is 1. The lowest BCUT2D eigenvalue weighted by atomic mass is 9.98. The highest BCUT2D eigenvalue weighted by atomic mass is 35.5. The third-order valence-corrected chi connectivity index (χ3v) is 5.58. The summed E-state index contributed by atoms with van der Waals surface area (Å²) in [6.45, 7) is 0. The van der Waals surface area contributed by atoms with E-state index in [1.165, 1.54) is 0 Å². The van der Waals surface area contributed by atoms with Crippen molar-refractivity contribution in [1.82, 2.24) is 9.97 Å². The molecule has 0 radical (unpaired) electrons. The van der Waals surface area contributed by atoms with Crippen LogP contribution in [0.5, 0.6) is 0 Å². The van der Waals surface area contributed by atoms with Gasteiger partial charge < -0.3 is 5.11 Å². The van der Waals surface area contributed by atoms with Crippen LogP contribution in [0.2, 0.25) is 5.02 Å². The summed E-state index contributed by atoms with van der Waals surface area (Å²) in [4.78, 5) is 20.2. The third-order valence-electron chi connectivity index (χ3n) is 5.33. The van der Waals surface area contributed by atoms with Crippen LogP contribution in [0.15, 0.2) is 84.2 Å². The van der Waals surface area contributed by atoms with Crippen LogP contribution < -0.4 is 5.01 Å². The lowest BCUT2D eigenvalue weighted by Crippen LogP contribution is -2.18. The summed E-state index contributed by atoms with van der Waals surface area (Å²) in [5.41, 5.74) is 5.47. The molecule has 31 heavy (non-hydrogen) atoms. The second-order valence-corrected chi connectivity index (χ2v) is 7.71. The van der Waals surface area contributed by atoms with E-state index in [1.54, 1.807) is 30.6 Å². The van der Waals surface area contributed by atoms with Gasteiger partial charge in [-0.25, -0.2) is 4.79 Å². The molecule has 0 fully saturated rings. The van der Waals surface area contributed by atoms with E-state index in [2.05, 4.69) is 9.97 Å². The maximum atomic E-state index is 11.5. The van der Waals surface area contributed by atoms with Crippen molar-refractivity contribution >= 4 is 40.0 Å². The molecule has 152 valence electrons. The molecule has 1 aliphatic rings. The second-order valence-electron chi connectivity index (χ2n) is 7.28. The summed E-state index contributed by atoms with van der Waals surface area (Å²) in [7, 11) is 0. The molecule has 0 amide bonds. The molecule has 0 spiro atoms. The zero-order valence-corrected chi connectivity index (χ0v) is 17.1. The van der Waals surface area contributed by atoms with Crippen LogP contribution in [0.1, 0.15) is 33.9 Å². The average molecular weight is 429 g/mol. The van der Waals surface area contributed by atoms with Crippen molar-refractivity contribution in [3.8, 4) is 0 Å². The van der Waals surface area contributed by atoms with Gasteiger partial charge in [0.25, 0.3) is 0 Å². The minimum atomic E-state index is -0.971. The number of anilines is 1. The Morgan fingerprint density at radius 3 is 2.52 bits per heavy atom. The molecule has 0 saturated carbocycles. The van der Waals surface area contributed by atoms with E-state index in [9.17, 15) is 9.90 Å². The Kier molecular flexibility index (Phi) is 4.84. The van der Waals surface area contributed by atoms with Gasteiger partial charge in [0.05, 0.1) is 34.0 Å². The van der Waals surface area contributed by atoms with Crippen molar-refractivity contribution in [3.05, 3.63) is 101 Å². The molecule has 5 rings (SSSR count). The summed E-state index contributed by atoms with van der Waals surface area (Å²) in [6, 6.07) is 20.3. The molecular weight excluding hydrogens is 412 g/mol. The topological polar surface area (TPSA) is 78.7 Å². The number of carbonyl (C=O) groups is 1. The zero-order chi connectivity index (χ0) is 21.4. The molecule has 1 atom stereocenters. The third kappa shape index (κ3) is 3.73. The Morgan fingerprint density at radius 1 is 0.968 bits per heavy atom. The van der Waals surface area contributed by atoms with E-state index >= 15 is 0 Å². The highest BCUT2D eigenvalue weighted by molar-refractivity contribution is 6.30. The number of aromatic nitrogens is 2. The number of halogens is 1. The maximum absolute atomic E-state index is 11.5. The van der Waals surface area contributed by atoms with Crippen LogP contribution in [0.3, 0.4) is 0 Å². The quantitative estimate of drug-likeness (QED) is 0.474. The van der Waals surface area contributed by atoms with Gasteiger partial charge in [-0.3, -0.25) is 15.0 Å². The fraction of sp³-hybridized carbons (Fsp3) is 0.0833. The number of carboxylic acid groups (broad SMARTS) is 1. The van der Waals surface area contributed by atoms with Crippen LogP contribution in [0.25, 0.3) is 11.0 Å². The van der Waals surface area contributed by atoms with Gasteiger partial charge in [-0.1, -0.05) is 35.9 Å². The van der Waals surface area contributed by atoms with Gasteiger partial charge in [0.1, 0.15) is 0 Å². The first-order valence-corrected chi connectivity index (χ1v) is 10.1. The Morgan fingerprint density at radius 2 is 1.74 bits per heavy atom.